The highest BCUT2D eigenvalue weighted by atomic mass is 32.2. The van der Waals surface area contributed by atoms with Crippen LogP contribution in [0.3, 0.4) is 0 Å². The van der Waals surface area contributed by atoms with E-state index in [1.165, 1.54) is 16.2 Å². The first-order chi connectivity index (χ1) is 8.06. The van der Waals surface area contributed by atoms with Crippen molar-refractivity contribution in [2.75, 3.05) is 5.73 Å². The Morgan fingerprint density at radius 2 is 2.06 bits per heavy atom. The Morgan fingerprint density at radius 3 is 2.71 bits per heavy atom. The molecule has 2 N–H and O–H groups in total. The third kappa shape index (κ3) is 2.82. The van der Waals surface area contributed by atoms with E-state index in [1.54, 1.807) is 11.8 Å². The second-order valence-electron chi connectivity index (χ2n) is 4.21. The molecule has 0 bridgehead atoms. The summed E-state index contributed by atoms with van der Waals surface area (Å²) in [5.74, 6) is 0.918. The van der Waals surface area contributed by atoms with Crippen LogP contribution >= 0.6 is 11.8 Å². The lowest BCUT2D eigenvalue weighted by atomic mass is 10.2. The average molecular weight is 247 g/mol. The standard InChI is InChI=1S/C13H17N3S/c1-9-4-5-11(14)7-13(9)17-8-12-6-10(2)15-16(12)3/h4-7H,8,14H2,1-3H3. The lowest BCUT2D eigenvalue weighted by Gasteiger charge is -2.06. The molecule has 2 aromatic rings. The van der Waals surface area contributed by atoms with Gasteiger partial charge in [0, 0.05) is 29.1 Å². The minimum atomic E-state index is 0.819. The maximum atomic E-state index is 5.80. The van der Waals surface area contributed by atoms with Gasteiger partial charge in [-0.1, -0.05) is 6.07 Å². The van der Waals surface area contributed by atoms with Crippen molar-refractivity contribution >= 4 is 17.4 Å². The zero-order chi connectivity index (χ0) is 12.4. The molecule has 4 heteroatoms. The molecule has 0 fully saturated rings. The van der Waals surface area contributed by atoms with Crippen LogP contribution in [0.5, 0.6) is 0 Å². The number of benzene rings is 1. The van der Waals surface area contributed by atoms with Crippen LogP contribution in [0, 0.1) is 13.8 Å². The van der Waals surface area contributed by atoms with Crippen molar-refractivity contribution in [1.29, 1.82) is 0 Å². The normalized spacial score (nSPS) is 10.8. The van der Waals surface area contributed by atoms with Crippen molar-refractivity contribution in [3.05, 3.63) is 41.2 Å². The first-order valence-corrected chi connectivity index (χ1v) is 6.53. The third-order valence-electron chi connectivity index (χ3n) is 2.69. The Hall–Kier alpha value is -1.42. The molecule has 0 spiro atoms. The number of aromatic nitrogens is 2. The zero-order valence-corrected chi connectivity index (χ0v) is 11.2. The monoisotopic (exact) mass is 247 g/mol. The van der Waals surface area contributed by atoms with Crippen molar-refractivity contribution in [2.24, 2.45) is 7.05 Å². The van der Waals surface area contributed by atoms with Gasteiger partial charge in [0.15, 0.2) is 0 Å². The number of aryl methyl sites for hydroxylation is 3. The number of thioether (sulfide) groups is 1. The fraction of sp³-hybridized carbons (Fsp3) is 0.308. The van der Waals surface area contributed by atoms with Gasteiger partial charge in [0.1, 0.15) is 0 Å². The molecule has 0 aliphatic carbocycles. The van der Waals surface area contributed by atoms with E-state index in [4.69, 9.17) is 5.73 Å². The number of anilines is 1. The molecule has 0 atom stereocenters. The van der Waals surface area contributed by atoms with E-state index in [-0.39, 0.29) is 0 Å². The van der Waals surface area contributed by atoms with E-state index in [9.17, 15) is 0 Å². The van der Waals surface area contributed by atoms with E-state index in [0.29, 0.717) is 0 Å². The van der Waals surface area contributed by atoms with Gasteiger partial charge in [0.05, 0.1) is 5.69 Å². The predicted octanol–water partition coefficient (Wildman–Crippen LogP) is 2.91. The van der Waals surface area contributed by atoms with Crippen molar-refractivity contribution in [1.82, 2.24) is 9.78 Å². The fourth-order valence-corrected chi connectivity index (χ4v) is 2.81. The second kappa shape index (κ2) is 4.84. The van der Waals surface area contributed by atoms with Gasteiger partial charge >= 0.3 is 0 Å². The summed E-state index contributed by atoms with van der Waals surface area (Å²) in [6.45, 7) is 4.12. The molecule has 17 heavy (non-hydrogen) atoms. The molecule has 0 aliphatic rings. The highest BCUT2D eigenvalue weighted by Crippen LogP contribution is 2.27. The molecule has 0 radical (unpaired) electrons. The number of nitrogen functional groups attached to an aromatic ring is 1. The Balaban J connectivity index is 2.12. The topological polar surface area (TPSA) is 43.8 Å². The largest absolute Gasteiger partial charge is 0.399 e. The van der Waals surface area contributed by atoms with Crippen molar-refractivity contribution in [3.8, 4) is 0 Å². The molecule has 0 saturated heterocycles. The molecule has 0 unspecified atom stereocenters. The van der Waals surface area contributed by atoms with E-state index in [0.717, 1.165) is 17.1 Å². The van der Waals surface area contributed by atoms with Gasteiger partial charge < -0.3 is 5.73 Å². The maximum absolute atomic E-state index is 5.80. The molecule has 1 aromatic carbocycles. The molecular formula is C13H17N3S. The van der Waals surface area contributed by atoms with Crippen LogP contribution in [-0.2, 0) is 12.8 Å². The summed E-state index contributed by atoms with van der Waals surface area (Å²) in [5, 5.41) is 4.34. The lowest BCUT2D eigenvalue weighted by Crippen LogP contribution is -1.96. The molecule has 0 aliphatic heterocycles. The Kier molecular flexibility index (Phi) is 3.43. The first kappa shape index (κ1) is 12.0. The Labute approximate surface area is 106 Å². The second-order valence-corrected chi connectivity index (χ2v) is 5.23. The summed E-state index contributed by atoms with van der Waals surface area (Å²) in [4.78, 5) is 1.24. The SMILES string of the molecule is Cc1cc(CSc2cc(N)ccc2C)n(C)n1. The van der Waals surface area contributed by atoms with Crippen molar-refractivity contribution < 1.29 is 0 Å². The number of rotatable bonds is 3. The lowest BCUT2D eigenvalue weighted by molar-refractivity contribution is 0.727. The minimum absolute atomic E-state index is 0.819. The van der Waals surface area contributed by atoms with Gasteiger partial charge in [-0.2, -0.15) is 5.10 Å². The zero-order valence-electron chi connectivity index (χ0n) is 10.4. The van der Waals surface area contributed by atoms with Gasteiger partial charge in [-0.15, -0.1) is 11.8 Å². The van der Waals surface area contributed by atoms with Gasteiger partial charge in [-0.25, -0.2) is 0 Å². The number of nitrogens with zero attached hydrogens (tertiary/aromatic N) is 2. The number of hydrogen-bond donors (Lipinski definition) is 1. The minimum Gasteiger partial charge on any atom is -0.399 e. The summed E-state index contributed by atoms with van der Waals surface area (Å²) in [7, 11) is 1.98. The third-order valence-corrected chi connectivity index (χ3v) is 3.88. The quantitative estimate of drug-likeness (QED) is 0.670. The molecule has 0 saturated carbocycles. The van der Waals surface area contributed by atoms with Crippen LogP contribution in [0.4, 0.5) is 5.69 Å². The fourth-order valence-electron chi connectivity index (χ4n) is 1.72. The summed E-state index contributed by atoms with van der Waals surface area (Å²) in [6.07, 6.45) is 0. The van der Waals surface area contributed by atoms with Crippen LogP contribution in [0.25, 0.3) is 0 Å². The van der Waals surface area contributed by atoms with Crippen LogP contribution in [0.2, 0.25) is 0 Å². The highest BCUT2D eigenvalue weighted by Gasteiger charge is 2.05. The molecule has 2 rings (SSSR count). The van der Waals surface area contributed by atoms with E-state index in [1.807, 2.05) is 30.8 Å². The number of nitrogens with two attached hydrogens (primary N) is 1. The smallest absolute Gasteiger partial charge is 0.0596 e. The van der Waals surface area contributed by atoms with Crippen LogP contribution in [-0.4, -0.2) is 9.78 Å². The van der Waals surface area contributed by atoms with E-state index in [2.05, 4.69) is 24.2 Å². The highest BCUT2D eigenvalue weighted by molar-refractivity contribution is 7.98. The number of hydrogen-bond acceptors (Lipinski definition) is 3. The summed E-state index contributed by atoms with van der Waals surface area (Å²) in [6, 6.07) is 8.15. The molecule has 1 heterocycles. The van der Waals surface area contributed by atoms with Crippen LogP contribution < -0.4 is 5.73 Å². The molecule has 90 valence electrons. The van der Waals surface area contributed by atoms with Gasteiger partial charge in [-0.05, 0) is 37.6 Å². The summed E-state index contributed by atoms with van der Waals surface area (Å²) < 4.78 is 1.93. The van der Waals surface area contributed by atoms with Gasteiger partial charge in [-0.3, -0.25) is 4.68 Å². The first-order valence-electron chi connectivity index (χ1n) is 5.54. The Bertz CT molecular complexity index is 531. The Morgan fingerprint density at radius 1 is 1.29 bits per heavy atom. The van der Waals surface area contributed by atoms with Gasteiger partial charge in [0.2, 0.25) is 0 Å². The predicted molar refractivity (Wildman–Crippen MR) is 73.1 cm³/mol. The van der Waals surface area contributed by atoms with Crippen molar-refractivity contribution in [3.63, 3.8) is 0 Å². The summed E-state index contributed by atoms with van der Waals surface area (Å²) >= 11 is 1.80. The molecule has 0 amide bonds. The van der Waals surface area contributed by atoms with Crippen LogP contribution in [0.1, 0.15) is 17.0 Å². The van der Waals surface area contributed by atoms with Crippen molar-refractivity contribution in [2.45, 2.75) is 24.5 Å². The van der Waals surface area contributed by atoms with Gasteiger partial charge in [0.25, 0.3) is 0 Å². The molecule has 3 nitrogen and oxygen atoms in total. The van der Waals surface area contributed by atoms with E-state index >= 15 is 0 Å². The average Bonchev–Trinajstić information content (AvgIpc) is 2.59. The van der Waals surface area contributed by atoms with E-state index < -0.39 is 0 Å². The molecule has 1 aromatic heterocycles. The summed E-state index contributed by atoms with van der Waals surface area (Å²) in [5.41, 5.74) is 10.2. The maximum Gasteiger partial charge on any atom is 0.0596 e. The van der Waals surface area contributed by atoms with Crippen LogP contribution in [0.15, 0.2) is 29.2 Å². The molecular weight excluding hydrogens is 230 g/mol.